The maximum absolute atomic E-state index is 15.0. The zero-order valence-electron chi connectivity index (χ0n) is 18.9. The zero-order chi connectivity index (χ0) is 24.4. The third-order valence-electron chi connectivity index (χ3n) is 8.40. The summed E-state index contributed by atoms with van der Waals surface area (Å²) in [6.45, 7) is 2.06. The fourth-order valence-corrected chi connectivity index (χ4v) is 6.72. The van der Waals surface area contributed by atoms with Gasteiger partial charge in [-0.3, -0.25) is 9.59 Å². The highest BCUT2D eigenvalue weighted by Gasteiger charge is 2.56. The molecule has 182 valence electrons. The summed E-state index contributed by atoms with van der Waals surface area (Å²) in [5.41, 5.74) is -0.146. The van der Waals surface area contributed by atoms with E-state index in [-0.39, 0.29) is 57.5 Å². The molecule has 4 saturated carbocycles. The lowest BCUT2D eigenvalue weighted by atomic mass is 9.74. The smallest absolute Gasteiger partial charge is 0.224 e. The number of hydrogen-bond acceptors (Lipinski definition) is 4. The number of carbonyl (C=O) groups is 2. The second kappa shape index (κ2) is 8.65. The molecule has 1 aromatic rings. The molecular weight excluding hydrogens is 480 g/mol. The number of aliphatic hydroxyl groups is 1. The van der Waals surface area contributed by atoms with Gasteiger partial charge in [-0.25, -0.2) is 4.39 Å². The van der Waals surface area contributed by atoms with Crippen LogP contribution in [-0.4, -0.2) is 29.1 Å². The molecular formula is C25H28Cl2FN3O3. The van der Waals surface area contributed by atoms with Gasteiger partial charge in [0.25, 0.3) is 0 Å². The Morgan fingerprint density at radius 2 is 1.88 bits per heavy atom. The van der Waals surface area contributed by atoms with Crippen molar-refractivity contribution in [2.75, 3.05) is 0 Å². The van der Waals surface area contributed by atoms with E-state index in [0.717, 1.165) is 12.8 Å². The molecule has 5 rings (SSSR count). The van der Waals surface area contributed by atoms with Gasteiger partial charge < -0.3 is 15.7 Å². The Bertz CT molecular complexity index is 1070. The topological polar surface area (TPSA) is 102 Å². The molecule has 9 atom stereocenters. The molecule has 6 nitrogen and oxygen atoms in total. The maximum Gasteiger partial charge on any atom is 0.224 e. The first kappa shape index (κ1) is 23.8. The van der Waals surface area contributed by atoms with Crippen LogP contribution in [0, 0.1) is 52.2 Å². The molecule has 4 aliphatic carbocycles. The van der Waals surface area contributed by atoms with Crippen molar-refractivity contribution in [2.45, 2.75) is 63.6 Å². The highest BCUT2D eigenvalue weighted by Crippen LogP contribution is 2.64. The second-order valence-electron chi connectivity index (χ2n) is 10.9. The molecule has 34 heavy (non-hydrogen) atoms. The van der Waals surface area contributed by atoms with Gasteiger partial charge in [0.1, 0.15) is 5.82 Å². The lowest BCUT2D eigenvalue weighted by Crippen LogP contribution is -2.42. The van der Waals surface area contributed by atoms with E-state index in [2.05, 4.69) is 23.6 Å². The summed E-state index contributed by atoms with van der Waals surface area (Å²) in [5.74, 6) is -0.996. The van der Waals surface area contributed by atoms with E-state index in [4.69, 9.17) is 28.5 Å². The number of fused-ring (bicyclic) bond motifs is 1. The Kier molecular flexibility index (Phi) is 6.07. The number of amides is 2. The number of carbonyl (C=O) groups excluding carboxylic acids is 2. The summed E-state index contributed by atoms with van der Waals surface area (Å²) in [6.07, 6.45) is 3.07. The highest BCUT2D eigenvalue weighted by molar-refractivity contribution is 6.42. The summed E-state index contributed by atoms with van der Waals surface area (Å²) in [5, 5.41) is 25.7. The molecule has 0 heterocycles. The monoisotopic (exact) mass is 507 g/mol. The maximum atomic E-state index is 15.0. The van der Waals surface area contributed by atoms with E-state index in [1.54, 1.807) is 0 Å². The minimum Gasteiger partial charge on any atom is -0.391 e. The van der Waals surface area contributed by atoms with Crippen LogP contribution in [0.5, 0.6) is 0 Å². The number of nitriles is 1. The quantitative estimate of drug-likeness (QED) is 0.503. The molecule has 2 amide bonds. The van der Waals surface area contributed by atoms with E-state index in [9.17, 15) is 14.7 Å². The summed E-state index contributed by atoms with van der Waals surface area (Å²) < 4.78 is 15.0. The molecule has 0 bridgehead atoms. The van der Waals surface area contributed by atoms with E-state index in [1.807, 2.05) is 0 Å². The van der Waals surface area contributed by atoms with Crippen LogP contribution in [0.25, 0.3) is 0 Å². The summed E-state index contributed by atoms with van der Waals surface area (Å²) in [4.78, 5) is 25.7. The number of nitrogens with zero attached hydrogens (tertiary/aromatic N) is 1. The first-order chi connectivity index (χ1) is 16.1. The Labute approximate surface area is 208 Å². The van der Waals surface area contributed by atoms with Crippen molar-refractivity contribution in [3.8, 4) is 6.07 Å². The largest absolute Gasteiger partial charge is 0.391 e. The van der Waals surface area contributed by atoms with Crippen LogP contribution in [-0.2, 0) is 9.59 Å². The lowest BCUT2D eigenvalue weighted by Gasteiger charge is -2.38. The van der Waals surface area contributed by atoms with Gasteiger partial charge in [0.15, 0.2) is 0 Å². The van der Waals surface area contributed by atoms with Crippen molar-refractivity contribution in [3.63, 3.8) is 0 Å². The van der Waals surface area contributed by atoms with Gasteiger partial charge in [0.2, 0.25) is 11.8 Å². The molecule has 0 aromatic heterocycles. The van der Waals surface area contributed by atoms with Gasteiger partial charge in [0.05, 0.1) is 46.1 Å². The summed E-state index contributed by atoms with van der Waals surface area (Å²) in [7, 11) is 0. The standard InChI is InChI=1S/C25H28Cl2FN3O3/c1-25(8-12-4-13(12)9-25)22(20-17(28)3-2-16(26)21(20)27)31-23(33)11-6-18(19(32)7-11)30-24(34)15-5-14(15)10-29/h2-3,11-15,18-19,22,32H,4-9H2,1H3,(H,30,34)(H,31,33)/t11-,12-,13+,14+,15+,18-,19+,22+,25?/m0/s1. The van der Waals surface area contributed by atoms with E-state index < -0.39 is 29.9 Å². The molecule has 0 radical (unpaired) electrons. The highest BCUT2D eigenvalue weighted by atomic mass is 35.5. The fraction of sp³-hybridized carbons (Fsp3) is 0.640. The third-order valence-corrected chi connectivity index (χ3v) is 9.22. The number of nitrogens with one attached hydrogen (secondary N) is 2. The van der Waals surface area contributed by atoms with Gasteiger partial charge in [-0.2, -0.15) is 5.26 Å². The van der Waals surface area contributed by atoms with E-state index in [1.165, 1.54) is 18.6 Å². The summed E-state index contributed by atoms with van der Waals surface area (Å²) in [6, 6.07) is 3.57. The first-order valence-electron chi connectivity index (χ1n) is 11.9. The van der Waals surface area contributed by atoms with Gasteiger partial charge in [-0.1, -0.05) is 30.1 Å². The van der Waals surface area contributed by atoms with Crippen molar-refractivity contribution in [2.24, 2.45) is 35.0 Å². The average molecular weight is 508 g/mol. The molecule has 9 heteroatoms. The zero-order valence-corrected chi connectivity index (χ0v) is 20.4. The second-order valence-corrected chi connectivity index (χ2v) is 11.7. The van der Waals surface area contributed by atoms with Gasteiger partial charge in [0, 0.05) is 11.5 Å². The van der Waals surface area contributed by atoms with Crippen molar-refractivity contribution < 1.29 is 19.1 Å². The van der Waals surface area contributed by atoms with Crippen LogP contribution >= 0.6 is 23.2 Å². The van der Waals surface area contributed by atoms with Crippen LogP contribution in [0.3, 0.4) is 0 Å². The molecule has 1 unspecified atom stereocenters. The Balaban J connectivity index is 1.32. The normalized spacial score (nSPS) is 38.5. The minimum atomic E-state index is -0.862. The van der Waals surface area contributed by atoms with E-state index in [0.29, 0.717) is 18.3 Å². The lowest BCUT2D eigenvalue weighted by molar-refractivity contribution is -0.127. The van der Waals surface area contributed by atoms with Gasteiger partial charge in [-0.05, 0) is 67.9 Å². The summed E-state index contributed by atoms with van der Waals surface area (Å²) >= 11 is 12.7. The molecule has 4 aliphatic rings. The SMILES string of the molecule is CC1([C@H](NC(=O)[C@@H]2C[C@@H](O)[C@@H](NC(=O)[C@@H]3C[C@@H]3C#N)C2)c2c(F)ccc(Cl)c2Cl)C[C@H]2C[C@H]2C1. The fourth-order valence-electron chi connectivity index (χ4n) is 6.29. The van der Waals surface area contributed by atoms with Crippen LogP contribution in [0.1, 0.15) is 57.1 Å². The van der Waals surface area contributed by atoms with Crippen LogP contribution in [0.2, 0.25) is 10.0 Å². The predicted octanol–water partition coefficient (Wildman–Crippen LogP) is 4.14. The third kappa shape index (κ3) is 4.29. The molecule has 4 fully saturated rings. The number of aliphatic hydroxyl groups excluding tert-OH is 1. The van der Waals surface area contributed by atoms with Crippen LogP contribution < -0.4 is 10.6 Å². The van der Waals surface area contributed by atoms with Crippen molar-refractivity contribution >= 4 is 35.0 Å². The number of halogens is 3. The van der Waals surface area contributed by atoms with Gasteiger partial charge in [-0.15, -0.1) is 0 Å². The average Bonchev–Trinajstić information content (AvgIpc) is 3.67. The Morgan fingerprint density at radius 3 is 2.53 bits per heavy atom. The predicted molar refractivity (Wildman–Crippen MR) is 124 cm³/mol. The molecule has 0 aliphatic heterocycles. The minimum absolute atomic E-state index is 0.113. The van der Waals surface area contributed by atoms with Crippen molar-refractivity contribution in [1.29, 1.82) is 5.26 Å². The Hall–Kier alpha value is -1.88. The number of rotatable bonds is 6. The Morgan fingerprint density at radius 1 is 1.18 bits per heavy atom. The van der Waals surface area contributed by atoms with Crippen molar-refractivity contribution in [3.05, 3.63) is 33.6 Å². The van der Waals surface area contributed by atoms with Crippen LogP contribution in [0.4, 0.5) is 4.39 Å². The van der Waals surface area contributed by atoms with Gasteiger partial charge >= 0.3 is 0 Å². The van der Waals surface area contributed by atoms with E-state index >= 15 is 4.39 Å². The van der Waals surface area contributed by atoms with Crippen LogP contribution in [0.15, 0.2) is 12.1 Å². The molecule has 1 aromatic carbocycles. The molecule has 3 N–H and O–H groups in total. The van der Waals surface area contributed by atoms with Crippen molar-refractivity contribution in [1.82, 2.24) is 10.6 Å². The molecule has 0 spiro atoms. The first-order valence-corrected chi connectivity index (χ1v) is 12.7. The number of benzene rings is 1. The number of hydrogen-bond donors (Lipinski definition) is 3. The molecule has 0 saturated heterocycles.